The van der Waals surface area contributed by atoms with Gasteiger partial charge in [-0.15, -0.1) is 0 Å². The fourth-order valence-corrected chi connectivity index (χ4v) is 4.60. The van der Waals surface area contributed by atoms with Crippen LogP contribution in [0.4, 0.5) is 0 Å². The molecule has 2 aromatic rings. The highest BCUT2D eigenvalue weighted by Gasteiger charge is 2.30. The highest BCUT2D eigenvalue weighted by Crippen LogP contribution is 2.19. The van der Waals surface area contributed by atoms with Gasteiger partial charge in [0.05, 0.1) is 23.7 Å². The number of sulfonamides is 1. The first kappa shape index (κ1) is 21.2. The first-order chi connectivity index (χ1) is 13.8. The lowest BCUT2D eigenvalue weighted by atomic mass is 10.2. The van der Waals surface area contributed by atoms with Crippen LogP contribution >= 0.6 is 0 Å². The average Bonchev–Trinajstić information content (AvgIpc) is 3.27. The van der Waals surface area contributed by atoms with E-state index in [1.807, 2.05) is 13.0 Å². The number of hydrogen-bond acceptors (Lipinski definition) is 6. The molecule has 29 heavy (non-hydrogen) atoms. The molecule has 1 aromatic heterocycles. The minimum absolute atomic E-state index is 0.0775. The van der Waals surface area contributed by atoms with Gasteiger partial charge in [0.2, 0.25) is 15.9 Å². The van der Waals surface area contributed by atoms with Crippen molar-refractivity contribution in [3.8, 4) is 0 Å². The Morgan fingerprint density at radius 1 is 1.10 bits per heavy atom. The smallest absolute Gasteiger partial charge is 0.243 e. The number of nitrogens with zero attached hydrogens (tertiary/aromatic N) is 2. The quantitative estimate of drug-likeness (QED) is 0.686. The lowest BCUT2D eigenvalue weighted by molar-refractivity contribution is -0.131. The van der Waals surface area contributed by atoms with Crippen LogP contribution < -0.4 is 5.32 Å². The molecule has 0 radical (unpaired) electrons. The van der Waals surface area contributed by atoms with Gasteiger partial charge in [0.1, 0.15) is 5.76 Å². The number of ketones is 1. The molecule has 0 bridgehead atoms. The number of piperazine rings is 1. The summed E-state index contributed by atoms with van der Waals surface area (Å²) in [6.07, 6.45) is 1.59. The molecule has 0 unspecified atom stereocenters. The van der Waals surface area contributed by atoms with Crippen molar-refractivity contribution in [1.82, 2.24) is 14.5 Å². The zero-order valence-corrected chi connectivity index (χ0v) is 17.3. The average molecular weight is 420 g/mol. The monoisotopic (exact) mass is 419 g/mol. The van der Waals surface area contributed by atoms with Crippen LogP contribution in [-0.4, -0.2) is 62.0 Å². The van der Waals surface area contributed by atoms with Crippen molar-refractivity contribution < 1.29 is 22.4 Å². The number of furan rings is 1. The van der Waals surface area contributed by atoms with Crippen molar-refractivity contribution in [2.24, 2.45) is 0 Å². The van der Waals surface area contributed by atoms with Crippen LogP contribution in [0.1, 0.15) is 36.0 Å². The van der Waals surface area contributed by atoms with E-state index >= 15 is 0 Å². The zero-order chi connectivity index (χ0) is 21.0. The summed E-state index contributed by atoms with van der Waals surface area (Å²) < 4.78 is 32.3. The van der Waals surface area contributed by atoms with Gasteiger partial charge in [-0.3, -0.25) is 14.9 Å². The lowest BCUT2D eigenvalue weighted by Crippen LogP contribution is -2.52. The van der Waals surface area contributed by atoms with Gasteiger partial charge in [-0.1, -0.05) is 12.1 Å². The van der Waals surface area contributed by atoms with Gasteiger partial charge < -0.3 is 9.32 Å². The zero-order valence-electron chi connectivity index (χ0n) is 16.5. The summed E-state index contributed by atoms with van der Waals surface area (Å²) in [5, 5.41) is 3.12. The van der Waals surface area contributed by atoms with Crippen molar-refractivity contribution >= 4 is 21.7 Å². The molecule has 0 saturated carbocycles. The molecule has 1 aromatic carbocycles. The molecule has 1 atom stereocenters. The Balaban J connectivity index is 1.53. The van der Waals surface area contributed by atoms with Crippen LogP contribution in [0.25, 0.3) is 0 Å². The second-order valence-corrected chi connectivity index (χ2v) is 8.92. The highest BCUT2D eigenvalue weighted by atomic mass is 32.2. The first-order valence-corrected chi connectivity index (χ1v) is 10.9. The van der Waals surface area contributed by atoms with E-state index < -0.39 is 10.0 Å². The van der Waals surface area contributed by atoms with Crippen molar-refractivity contribution in [3.05, 3.63) is 54.0 Å². The van der Waals surface area contributed by atoms with Gasteiger partial charge in [-0.25, -0.2) is 8.42 Å². The van der Waals surface area contributed by atoms with Gasteiger partial charge in [0.15, 0.2) is 5.78 Å². The van der Waals surface area contributed by atoms with Crippen molar-refractivity contribution in [2.45, 2.75) is 24.8 Å². The Hall–Kier alpha value is -2.49. The minimum atomic E-state index is -3.65. The van der Waals surface area contributed by atoms with Crippen molar-refractivity contribution in [2.75, 3.05) is 32.7 Å². The molecule has 1 amide bonds. The van der Waals surface area contributed by atoms with E-state index in [1.54, 1.807) is 17.2 Å². The maximum atomic E-state index is 12.8. The molecule has 1 fully saturated rings. The Labute approximate surface area is 170 Å². The van der Waals surface area contributed by atoms with Crippen molar-refractivity contribution in [1.29, 1.82) is 0 Å². The number of amides is 1. The number of carbonyl (C=O) groups is 2. The molecule has 0 aliphatic carbocycles. The first-order valence-electron chi connectivity index (χ1n) is 9.45. The highest BCUT2D eigenvalue weighted by molar-refractivity contribution is 7.89. The third kappa shape index (κ3) is 4.92. The SMILES string of the molecule is CC(=O)c1ccc(S(=O)(=O)N2CCN(C(=O)CN[C@@H](C)c3ccco3)CC2)cc1. The van der Waals surface area contributed by atoms with Crippen LogP contribution in [0.15, 0.2) is 52.0 Å². The predicted octanol–water partition coefficient (Wildman–Crippen LogP) is 1.67. The van der Waals surface area contributed by atoms with E-state index in [0.29, 0.717) is 18.7 Å². The van der Waals surface area contributed by atoms with E-state index in [9.17, 15) is 18.0 Å². The molecule has 1 aliphatic rings. The summed E-state index contributed by atoms with van der Waals surface area (Å²) in [5.41, 5.74) is 0.468. The largest absolute Gasteiger partial charge is 0.468 e. The molecular formula is C20H25N3O5S. The third-order valence-corrected chi connectivity index (χ3v) is 6.93. The summed E-state index contributed by atoms with van der Waals surface area (Å²) in [6.45, 7) is 4.63. The van der Waals surface area contributed by atoms with E-state index in [0.717, 1.165) is 5.76 Å². The van der Waals surface area contributed by atoms with E-state index in [-0.39, 0.29) is 42.3 Å². The van der Waals surface area contributed by atoms with Crippen LogP contribution in [0.2, 0.25) is 0 Å². The van der Waals surface area contributed by atoms with Crippen molar-refractivity contribution in [3.63, 3.8) is 0 Å². The van der Waals surface area contributed by atoms with Crippen LogP contribution in [-0.2, 0) is 14.8 Å². The number of Topliss-reactive ketones (excluding diaryl/α,β-unsaturated/α-hetero) is 1. The van der Waals surface area contributed by atoms with Crippen LogP contribution in [0, 0.1) is 0 Å². The maximum absolute atomic E-state index is 12.8. The summed E-state index contributed by atoms with van der Waals surface area (Å²) >= 11 is 0. The Bertz CT molecular complexity index is 947. The molecular weight excluding hydrogens is 394 g/mol. The van der Waals surface area contributed by atoms with Gasteiger partial charge in [-0.2, -0.15) is 4.31 Å². The van der Waals surface area contributed by atoms with Gasteiger partial charge in [0, 0.05) is 31.7 Å². The number of carbonyl (C=O) groups excluding carboxylic acids is 2. The molecule has 1 aliphatic heterocycles. The molecule has 9 heteroatoms. The Kier molecular flexibility index (Phi) is 6.51. The molecule has 8 nitrogen and oxygen atoms in total. The van der Waals surface area contributed by atoms with Gasteiger partial charge >= 0.3 is 0 Å². The Morgan fingerprint density at radius 3 is 2.31 bits per heavy atom. The topological polar surface area (TPSA) is 99.9 Å². The fraction of sp³-hybridized carbons (Fsp3) is 0.400. The van der Waals surface area contributed by atoms with Gasteiger partial charge in [-0.05, 0) is 38.1 Å². The number of benzene rings is 1. The summed E-state index contributed by atoms with van der Waals surface area (Å²) in [5.74, 6) is 0.562. The summed E-state index contributed by atoms with van der Waals surface area (Å²) in [4.78, 5) is 25.6. The second kappa shape index (κ2) is 8.89. The fourth-order valence-electron chi connectivity index (χ4n) is 3.18. The third-order valence-electron chi connectivity index (χ3n) is 5.02. The normalized spacial score (nSPS) is 16.6. The number of hydrogen-bond donors (Lipinski definition) is 1. The maximum Gasteiger partial charge on any atom is 0.243 e. The standard InChI is InChI=1S/C20H25N3O5S/c1-15(19-4-3-13-28-19)21-14-20(25)22-9-11-23(12-10-22)29(26,27)18-7-5-17(6-8-18)16(2)24/h3-8,13,15,21H,9-12,14H2,1-2H3/t15-/m0/s1. The van der Waals surface area contributed by atoms with Crippen LogP contribution in [0.5, 0.6) is 0 Å². The molecule has 0 spiro atoms. The minimum Gasteiger partial charge on any atom is -0.468 e. The predicted molar refractivity (Wildman–Crippen MR) is 107 cm³/mol. The second-order valence-electron chi connectivity index (χ2n) is 6.98. The molecule has 156 valence electrons. The van der Waals surface area contributed by atoms with E-state index in [1.165, 1.54) is 35.5 Å². The van der Waals surface area contributed by atoms with E-state index in [2.05, 4.69) is 5.32 Å². The molecule has 1 N–H and O–H groups in total. The van der Waals surface area contributed by atoms with E-state index in [4.69, 9.17) is 4.42 Å². The summed E-state index contributed by atoms with van der Waals surface area (Å²) in [6, 6.07) is 9.47. The molecule has 2 heterocycles. The Morgan fingerprint density at radius 2 is 1.76 bits per heavy atom. The van der Waals surface area contributed by atoms with Gasteiger partial charge in [0.25, 0.3) is 0 Å². The molecule has 1 saturated heterocycles. The molecule has 3 rings (SSSR count). The van der Waals surface area contributed by atoms with Crippen LogP contribution in [0.3, 0.4) is 0 Å². The lowest BCUT2D eigenvalue weighted by Gasteiger charge is -2.34. The summed E-state index contributed by atoms with van der Waals surface area (Å²) in [7, 11) is -3.65. The number of nitrogens with one attached hydrogen (secondary N) is 1. The number of rotatable bonds is 7.